The van der Waals surface area contributed by atoms with E-state index in [0.29, 0.717) is 12.4 Å². The van der Waals surface area contributed by atoms with Gasteiger partial charge in [0.25, 0.3) is 5.91 Å². The number of hydrogen-bond acceptors (Lipinski definition) is 6. The van der Waals surface area contributed by atoms with Gasteiger partial charge >= 0.3 is 0 Å². The summed E-state index contributed by atoms with van der Waals surface area (Å²) in [5.41, 5.74) is 8.32. The molecule has 1 aliphatic heterocycles. The number of fused-ring (bicyclic) bond motifs is 1. The fourth-order valence-corrected chi connectivity index (χ4v) is 5.32. The lowest BCUT2D eigenvalue weighted by atomic mass is 10.1. The molecule has 30 heavy (non-hydrogen) atoms. The van der Waals surface area contributed by atoms with E-state index in [9.17, 15) is 4.79 Å². The van der Waals surface area contributed by atoms with Gasteiger partial charge in [-0.2, -0.15) is 0 Å². The van der Waals surface area contributed by atoms with Crippen molar-refractivity contribution in [1.82, 2.24) is 19.8 Å². The molecule has 1 amide bonds. The molecular weight excluding hydrogens is 394 g/mol. The van der Waals surface area contributed by atoms with Gasteiger partial charge in [0.1, 0.15) is 11.6 Å². The minimum atomic E-state index is 0.169. The monoisotopic (exact) mass is 423 g/mol. The van der Waals surface area contributed by atoms with Crippen LogP contribution in [0.2, 0.25) is 0 Å². The van der Waals surface area contributed by atoms with Crippen molar-refractivity contribution in [3.05, 3.63) is 51.5 Å². The highest BCUT2D eigenvalue weighted by atomic mass is 32.1. The fourth-order valence-electron chi connectivity index (χ4n) is 4.00. The Morgan fingerprint density at radius 2 is 1.90 bits per heavy atom. The molecule has 0 bridgehead atoms. The van der Waals surface area contributed by atoms with Gasteiger partial charge in [0.15, 0.2) is 0 Å². The van der Waals surface area contributed by atoms with E-state index in [0.717, 1.165) is 67.0 Å². The third-order valence-electron chi connectivity index (χ3n) is 5.67. The number of rotatable bonds is 6. The number of benzene rings is 1. The number of nitrogens with zero attached hydrogens (tertiary/aromatic N) is 4. The summed E-state index contributed by atoms with van der Waals surface area (Å²) in [5, 5.41) is 0.890. The average molecular weight is 424 g/mol. The van der Waals surface area contributed by atoms with Gasteiger partial charge in [-0.05, 0) is 36.6 Å². The molecule has 0 aliphatic carbocycles. The molecule has 0 saturated carbocycles. The van der Waals surface area contributed by atoms with Crippen molar-refractivity contribution in [3.8, 4) is 0 Å². The van der Waals surface area contributed by atoms with Gasteiger partial charge in [-0.1, -0.05) is 32.4 Å². The number of para-hydroxylation sites is 1. The maximum absolute atomic E-state index is 13.0. The number of carbonyl (C=O) groups excluding carboxylic acids is 1. The molecule has 4 rings (SSSR count). The summed E-state index contributed by atoms with van der Waals surface area (Å²) in [5.74, 6) is 1.43. The topological polar surface area (TPSA) is 75.4 Å². The quantitative estimate of drug-likeness (QED) is 0.654. The van der Waals surface area contributed by atoms with Crippen molar-refractivity contribution in [2.45, 2.75) is 39.7 Å². The zero-order chi connectivity index (χ0) is 21.1. The number of thiophene rings is 1. The summed E-state index contributed by atoms with van der Waals surface area (Å²) in [6.45, 7) is 8.08. The van der Waals surface area contributed by atoms with Gasteiger partial charge in [0.05, 0.1) is 16.9 Å². The van der Waals surface area contributed by atoms with Crippen molar-refractivity contribution in [1.29, 1.82) is 0 Å². The van der Waals surface area contributed by atoms with Crippen LogP contribution in [-0.4, -0.2) is 51.9 Å². The number of anilines is 1. The van der Waals surface area contributed by atoms with E-state index in [-0.39, 0.29) is 5.91 Å². The molecular formula is C23H29N5OS. The van der Waals surface area contributed by atoms with Gasteiger partial charge in [0.2, 0.25) is 0 Å². The predicted molar refractivity (Wildman–Crippen MR) is 123 cm³/mol. The fraction of sp³-hybridized carbons (Fsp3) is 0.435. The molecule has 3 heterocycles. The number of aromatic nitrogens is 2. The first-order valence-electron chi connectivity index (χ1n) is 10.7. The highest BCUT2D eigenvalue weighted by molar-refractivity contribution is 7.14. The van der Waals surface area contributed by atoms with Crippen LogP contribution in [0.15, 0.2) is 30.3 Å². The molecule has 1 saturated heterocycles. The van der Waals surface area contributed by atoms with E-state index in [1.807, 2.05) is 29.2 Å². The SMILES string of the molecule is CCCc1sc(C(=O)N2CCN(Cc3nc(N)c4ccccc4n3)CC2)cc1CC. The van der Waals surface area contributed by atoms with E-state index in [4.69, 9.17) is 5.73 Å². The van der Waals surface area contributed by atoms with Crippen LogP contribution in [0.25, 0.3) is 10.9 Å². The Balaban J connectivity index is 1.39. The van der Waals surface area contributed by atoms with E-state index in [1.165, 1.54) is 10.4 Å². The Bertz CT molecular complexity index is 1040. The first-order valence-corrected chi connectivity index (χ1v) is 11.5. The molecule has 0 unspecified atom stereocenters. The third kappa shape index (κ3) is 4.32. The highest BCUT2D eigenvalue weighted by Gasteiger charge is 2.24. The molecule has 0 radical (unpaired) electrons. The van der Waals surface area contributed by atoms with Crippen LogP contribution < -0.4 is 5.73 Å². The largest absolute Gasteiger partial charge is 0.383 e. The second-order valence-corrected chi connectivity index (χ2v) is 8.91. The molecule has 1 fully saturated rings. The van der Waals surface area contributed by atoms with Crippen LogP contribution in [-0.2, 0) is 19.4 Å². The molecule has 0 spiro atoms. The Morgan fingerprint density at radius 1 is 1.13 bits per heavy atom. The van der Waals surface area contributed by atoms with Crippen molar-refractivity contribution in [2.75, 3.05) is 31.9 Å². The zero-order valence-corrected chi connectivity index (χ0v) is 18.5. The van der Waals surface area contributed by atoms with Crippen LogP contribution in [0.1, 0.15) is 46.2 Å². The molecule has 3 aromatic rings. The van der Waals surface area contributed by atoms with Gasteiger partial charge in [0, 0.05) is 36.4 Å². The average Bonchev–Trinajstić information content (AvgIpc) is 3.17. The van der Waals surface area contributed by atoms with E-state index in [1.54, 1.807) is 11.3 Å². The van der Waals surface area contributed by atoms with E-state index in [2.05, 4.69) is 34.8 Å². The summed E-state index contributed by atoms with van der Waals surface area (Å²) in [7, 11) is 0. The van der Waals surface area contributed by atoms with Gasteiger partial charge < -0.3 is 10.6 Å². The van der Waals surface area contributed by atoms with Crippen LogP contribution >= 0.6 is 11.3 Å². The number of amides is 1. The molecule has 2 N–H and O–H groups in total. The maximum Gasteiger partial charge on any atom is 0.264 e. The second-order valence-electron chi connectivity index (χ2n) is 7.77. The third-order valence-corrected chi connectivity index (χ3v) is 6.89. The minimum Gasteiger partial charge on any atom is -0.383 e. The lowest BCUT2D eigenvalue weighted by Gasteiger charge is -2.34. The Morgan fingerprint density at radius 3 is 2.63 bits per heavy atom. The predicted octanol–water partition coefficient (Wildman–Crippen LogP) is 3.75. The van der Waals surface area contributed by atoms with Crippen LogP contribution in [0.4, 0.5) is 5.82 Å². The normalized spacial score (nSPS) is 15.1. The number of nitrogens with two attached hydrogens (primary N) is 1. The summed E-state index contributed by atoms with van der Waals surface area (Å²) < 4.78 is 0. The molecule has 7 heteroatoms. The summed E-state index contributed by atoms with van der Waals surface area (Å²) >= 11 is 1.68. The smallest absolute Gasteiger partial charge is 0.264 e. The number of nitrogen functional groups attached to an aromatic ring is 1. The molecule has 1 aliphatic rings. The summed E-state index contributed by atoms with van der Waals surface area (Å²) in [6, 6.07) is 9.92. The standard InChI is InChI=1S/C23H29N5OS/c1-3-7-19-16(4-2)14-20(30-19)23(29)28-12-10-27(11-13-28)15-21-25-18-9-6-5-8-17(18)22(24)26-21/h5-6,8-9,14H,3-4,7,10-13,15H2,1-2H3,(H2,24,25,26). The van der Waals surface area contributed by atoms with Crippen molar-refractivity contribution >= 4 is 34.0 Å². The molecule has 158 valence electrons. The highest BCUT2D eigenvalue weighted by Crippen LogP contribution is 2.26. The Kier molecular flexibility index (Phi) is 6.29. The van der Waals surface area contributed by atoms with Gasteiger partial charge in [-0.3, -0.25) is 9.69 Å². The maximum atomic E-state index is 13.0. The number of hydrogen-bond donors (Lipinski definition) is 1. The Labute approximate surface area is 181 Å². The lowest BCUT2D eigenvalue weighted by molar-refractivity contribution is 0.0630. The first-order chi connectivity index (χ1) is 14.6. The molecule has 2 aromatic heterocycles. The van der Waals surface area contributed by atoms with Crippen molar-refractivity contribution in [2.24, 2.45) is 0 Å². The van der Waals surface area contributed by atoms with E-state index >= 15 is 0 Å². The van der Waals surface area contributed by atoms with Crippen molar-refractivity contribution < 1.29 is 4.79 Å². The molecule has 6 nitrogen and oxygen atoms in total. The first kappa shape index (κ1) is 20.8. The minimum absolute atomic E-state index is 0.169. The molecule has 0 atom stereocenters. The number of piperazine rings is 1. The Hall–Kier alpha value is -2.51. The van der Waals surface area contributed by atoms with Crippen LogP contribution in [0.3, 0.4) is 0 Å². The zero-order valence-electron chi connectivity index (χ0n) is 17.7. The van der Waals surface area contributed by atoms with Crippen LogP contribution in [0.5, 0.6) is 0 Å². The molecule has 1 aromatic carbocycles. The summed E-state index contributed by atoms with van der Waals surface area (Å²) in [4.78, 5) is 28.7. The van der Waals surface area contributed by atoms with Gasteiger partial charge in [-0.15, -0.1) is 11.3 Å². The van der Waals surface area contributed by atoms with Crippen LogP contribution in [0, 0.1) is 0 Å². The number of carbonyl (C=O) groups is 1. The summed E-state index contributed by atoms with van der Waals surface area (Å²) in [6.07, 6.45) is 3.16. The van der Waals surface area contributed by atoms with Crippen molar-refractivity contribution in [3.63, 3.8) is 0 Å². The second kappa shape index (κ2) is 9.10. The number of aryl methyl sites for hydroxylation is 2. The lowest BCUT2D eigenvalue weighted by Crippen LogP contribution is -2.48. The van der Waals surface area contributed by atoms with Gasteiger partial charge in [-0.25, -0.2) is 9.97 Å². The van der Waals surface area contributed by atoms with E-state index < -0.39 is 0 Å².